The fraction of sp³-hybridized carbons (Fsp3) is 0.600. The maximum Gasteiger partial charge on any atom is 0.257 e. The van der Waals surface area contributed by atoms with Crippen LogP contribution in [0.25, 0.3) is 0 Å². The van der Waals surface area contributed by atoms with Crippen molar-refractivity contribution >= 4 is 38.2 Å². The zero-order chi connectivity index (χ0) is 17.6. The Morgan fingerprint density at radius 3 is 2.54 bits per heavy atom. The maximum absolute atomic E-state index is 12.7. The zero-order valence-electron chi connectivity index (χ0n) is 14.0. The molecule has 3 heterocycles. The number of sulfonamides is 1. The molecule has 0 aromatic carbocycles. The second-order valence-electron chi connectivity index (χ2n) is 6.20. The normalized spacial score (nSPS) is 19.3. The average molecular weight is 371 g/mol. The fourth-order valence-electron chi connectivity index (χ4n) is 3.13. The largest absolute Gasteiger partial charge is 0.332 e. The van der Waals surface area contributed by atoms with Crippen molar-refractivity contribution in [1.82, 2.24) is 9.21 Å². The van der Waals surface area contributed by atoms with E-state index in [2.05, 4.69) is 0 Å². The van der Waals surface area contributed by atoms with Crippen LogP contribution in [0.2, 0.25) is 0 Å². The van der Waals surface area contributed by atoms with Gasteiger partial charge in [0.1, 0.15) is 11.5 Å². The SMILES string of the molecule is CCCS(=O)(=O)N1CCc2c(sc3c2C(=O)N(C)CC(=O)N3C)C1. The summed E-state index contributed by atoms with van der Waals surface area (Å²) in [6.45, 7) is 2.57. The Hall–Kier alpha value is -1.45. The molecular formula is C15H21N3O4S2. The number of carbonyl (C=O) groups is 2. The highest BCUT2D eigenvalue weighted by Crippen LogP contribution is 2.41. The van der Waals surface area contributed by atoms with E-state index in [0.717, 1.165) is 10.4 Å². The van der Waals surface area contributed by atoms with Crippen LogP contribution in [0.1, 0.15) is 34.1 Å². The molecule has 132 valence electrons. The summed E-state index contributed by atoms with van der Waals surface area (Å²) in [6.07, 6.45) is 1.08. The summed E-state index contributed by atoms with van der Waals surface area (Å²) in [7, 11) is 0.0177. The Bertz CT molecular complexity index is 800. The van der Waals surface area contributed by atoms with Crippen LogP contribution in [0.5, 0.6) is 0 Å². The minimum atomic E-state index is -3.27. The lowest BCUT2D eigenvalue weighted by atomic mass is 10.0. The number of hydrogen-bond donors (Lipinski definition) is 0. The number of anilines is 1. The van der Waals surface area contributed by atoms with Crippen molar-refractivity contribution < 1.29 is 18.0 Å². The lowest BCUT2D eigenvalue weighted by Crippen LogP contribution is -2.38. The van der Waals surface area contributed by atoms with Crippen molar-refractivity contribution in [2.45, 2.75) is 26.3 Å². The van der Waals surface area contributed by atoms with Gasteiger partial charge in [0.15, 0.2) is 0 Å². The summed E-state index contributed by atoms with van der Waals surface area (Å²) in [5, 5.41) is 0.633. The summed E-state index contributed by atoms with van der Waals surface area (Å²) in [5.74, 6) is -0.170. The molecule has 0 fully saturated rings. The third-order valence-corrected chi connectivity index (χ3v) is 7.79. The lowest BCUT2D eigenvalue weighted by Gasteiger charge is -2.26. The summed E-state index contributed by atoms with van der Waals surface area (Å²) >= 11 is 1.36. The van der Waals surface area contributed by atoms with E-state index in [9.17, 15) is 18.0 Å². The van der Waals surface area contributed by atoms with E-state index in [1.54, 1.807) is 14.1 Å². The molecular weight excluding hydrogens is 350 g/mol. The van der Waals surface area contributed by atoms with Crippen LogP contribution in [-0.4, -0.2) is 62.4 Å². The average Bonchev–Trinajstić information content (AvgIpc) is 2.88. The van der Waals surface area contributed by atoms with E-state index in [4.69, 9.17) is 0 Å². The van der Waals surface area contributed by atoms with E-state index in [0.29, 0.717) is 30.0 Å². The Morgan fingerprint density at radius 1 is 1.17 bits per heavy atom. The molecule has 24 heavy (non-hydrogen) atoms. The minimum Gasteiger partial charge on any atom is -0.332 e. The van der Waals surface area contributed by atoms with Crippen LogP contribution in [0, 0.1) is 0 Å². The molecule has 1 aromatic rings. The Balaban J connectivity index is 2.02. The maximum atomic E-state index is 12.7. The topological polar surface area (TPSA) is 78.0 Å². The molecule has 3 rings (SSSR count). The summed E-state index contributed by atoms with van der Waals surface area (Å²) in [6, 6.07) is 0. The van der Waals surface area contributed by atoms with Gasteiger partial charge in [0.2, 0.25) is 15.9 Å². The van der Waals surface area contributed by atoms with Gasteiger partial charge in [0.05, 0.1) is 11.3 Å². The summed E-state index contributed by atoms with van der Waals surface area (Å²) < 4.78 is 26.1. The summed E-state index contributed by atoms with van der Waals surface area (Å²) in [5.41, 5.74) is 1.47. The number of fused-ring (bicyclic) bond motifs is 3. The first kappa shape index (κ1) is 17.4. The molecule has 2 amide bonds. The van der Waals surface area contributed by atoms with Crippen LogP contribution in [0.3, 0.4) is 0 Å². The van der Waals surface area contributed by atoms with Crippen molar-refractivity contribution in [2.75, 3.05) is 37.8 Å². The second kappa shape index (κ2) is 6.12. The van der Waals surface area contributed by atoms with Crippen molar-refractivity contribution in [2.24, 2.45) is 0 Å². The van der Waals surface area contributed by atoms with Crippen LogP contribution >= 0.6 is 11.3 Å². The minimum absolute atomic E-state index is 0.0580. The number of amides is 2. The Labute approximate surface area is 145 Å². The van der Waals surface area contributed by atoms with Gasteiger partial charge < -0.3 is 9.80 Å². The lowest BCUT2D eigenvalue weighted by molar-refractivity contribution is -0.118. The molecule has 0 atom stereocenters. The fourth-order valence-corrected chi connectivity index (χ4v) is 6.02. The molecule has 1 aromatic heterocycles. The molecule has 2 aliphatic rings. The van der Waals surface area contributed by atoms with E-state index in [1.165, 1.54) is 25.4 Å². The van der Waals surface area contributed by atoms with Gasteiger partial charge in [-0.05, 0) is 18.4 Å². The van der Waals surface area contributed by atoms with E-state index in [1.807, 2.05) is 6.92 Å². The molecule has 0 saturated carbocycles. The van der Waals surface area contributed by atoms with Crippen LogP contribution in [0.15, 0.2) is 0 Å². The molecule has 0 unspecified atom stereocenters. The van der Waals surface area contributed by atoms with Crippen molar-refractivity contribution in [1.29, 1.82) is 0 Å². The Morgan fingerprint density at radius 2 is 1.88 bits per heavy atom. The van der Waals surface area contributed by atoms with Gasteiger partial charge in [-0.3, -0.25) is 9.59 Å². The molecule has 9 heteroatoms. The van der Waals surface area contributed by atoms with Gasteiger partial charge >= 0.3 is 0 Å². The number of nitrogens with zero attached hydrogens (tertiary/aromatic N) is 3. The van der Waals surface area contributed by atoms with Gasteiger partial charge in [0, 0.05) is 32.1 Å². The number of likely N-dealkylation sites (N-methyl/N-ethyl adjacent to an activating group) is 2. The van der Waals surface area contributed by atoms with E-state index < -0.39 is 10.0 Å². The van der Waals surface area contributed by atoms with Crippen LogP contribution in [-0.2, 0) is 27.8 Å². The van der Waals surface area contributed by atoms with Gasteiger partial charge in [-0.25, -0.2) is 8.42 Å². The van der Waals surface area contributed by atoms with Gasteiger partial charge in [-0.2, -0.15) is 4.31 Å². The molecule has 2 aliphatic heterocycles. The molecule has 0 bridgehead atoms. The third kappa shape index (κ3) is 2.74. The molecule has 0 N–H and O–H groups in total. The Kier molecular flexibility index (Phi) is 4.43. The molecule has 0 radical (unpaired) electrons. The van der Waals surface area contributed by atoms with Crippen LogP contribution in [0.4, 0.5) is 5.00 Å². The predicted octanol–water partition coefficient (Wildman–Crippen LogP) is 0.894. The second-order valence-corrected chi connectivity index (χ2v) is 9.37. The number of hydrogen-bond acceptors (Lipinski definition) is 5. The molecule has 0 aliphatic carbocycles. The first-order valence-electron chi connectivity index (χ1n) is 7.90. The molecule has 7 nitrogen and oxygen atoms in total. The first-order chi connectivity index (χ1) is 11.3. The number of thiophene rings is 1. The number of rotatable bonds is 3. The van der Waals surface area contributed by atoms with E-state index in [-0.39, 0.29) is 30.7 Å². The summed E-state index contributed by atoms with van der Waals surface area (Å²) in [4.78, 5) is 28.7. The zero-order valence-corrected chi connectivity index (χ0v) is 15.7. The predicted molar refractivity (Wildman–Crippen MR) is 92.9 cm³/mol. The van der Waals surface area contributed by atoms with Crippen molar-refractivity contribution in [3.8, 4) is 0 Å². The first-order valence-corrected chi connectivity index (χ1v) is 10.3. The smallest absolute Gasteiger partial charge is 0.257 e. The third-order valence-electron chi connectivity index (χ3n) is 4.47. The highest BCUT2D eigenvalue weighted by molar-refractivity contribution is 7.89. The van der Waals surface area contributed by atoms with Gasteiger partial charge in [0.25, 0.3) is 5.91 Å². The standard InChI is InChI=1S/C15H21N3O4S2/c1-4-7-24(21,22)18-6-5-10-11(8-18)23-15-13(10)14(20)16(2)9-12(19)17(15)3/h4-9H2,1-3H3. The van der Waals surface area contributed by atoms with Crippen LogP contribution < -0.4 is 4.90 Å². The highest BCUT2D eigenvalue weighted by atomic mass is 32.2. The molecule has 0 spiro atoms. The van der Waals surface area contributed by atoms with E-state index >= 15 is 0 Å². The highest BCUT2D eigenvalue weighted by Gasteiger charge is 2.37. The number of carbonyl (C=O) groups excluding carboxylic acids is 2. The molecule has 0 saturated heterocycles. The van der Waals surface area contributed by atoms with Gasteiger partial charge in [-0.15, -0.1) is 11.3 Å². The quantitative estimate of drug-likeness (QED) is 0.791. The monoisotopic (exact) mass is 371 g/mol. The van der Waals surface area contributed by atoms with Crippen molar-refractivity contribution in [3.63, 3.8) is 0 Å². The van der Waals surface area contributed by atoms with Crippen molar-refractivity contribution in [3.05, 3.63) is 16.0 Å². The van der Waals surface area contributed by atoms with Gasteiger partial charge in [-0.1, -0.05) is 6.92 Å².